The summed E-state index contributed by atoms with van der Waals surface area (Å²) in [6, 6.07) is 106. The Hall–Kier alpha value is -14.3. The van der Waals surface area contributed by atoms with Gasteiger partial charge < -0.3 is 41.5 Å². The van der Waals surface area contributed by atoms with Crippen molar-refractivity contribution in [2.75, 3.05) is 14.7 Å². The monoisotopic (exact) mass is 1920 g/mol. The topological polar surface area (TPSA) is 177 Å². The van der Waals surface area contributed by atoms with Gasteiger partial charge in [0.25, 0.3) is 0 Å². The lowest BCUT2D eigenvalue weighted by Crippen LogP contribution is -2.21. The van der Waals surface area contributed by atoms with Gasteiger partial charge in [0.05, 0.1) is 71.4 Å². The number of rotatable bonds is 6. The first kappa shape index (κ1) is 74.0. The number of benzene rings is 17. The van der Waals surface area contributed by atoms with Crippen molar-refractivity contribution in [3.05, 3.63) is 329 Å². The average Bonchev–Trinajstić information content (AvgIpc) is 0.777. The number of para-hydroxylation sites is 9. The van der Waals surface area contributed by atoms with Crippen molar-refractivity contribution < 1.29 is 36.6 Å². The van der Waals surface area contributed by atoms with Crippen LogP contribution in [0, 0.1) is 0 Å². The first-order valence-corrected chi connectivity index (χ1v) is 46.5. The molecule has 0 amide bonds. The van der Waals surface area contributed by atoms with E-state index >= 15 is 0 Å². The molecule has 17 nitrogen and oxygen atoms in total. The van der Waals surface area contributed by atoms with Crippen LogP contribution in [-0.4, -0.2) is 29.9 Å². The maximum absolute atomic E-state index is 7.10. The van der Waals surface area contributed by atoms with Crippen LogP contribution in [0.5, 0.6) is 46.0 Å². The van der Waals surface area contributed by atoms with Gasteiger partial charge in [-0.1, -0.05) is 187 Å². The lowest BCUT2D eigenvalue weighted by molar-refractivity contribution is 0.445. The summed E-state index contributed by atoms with van der Waals surface area (Å²) in [6.45, 7) is 0. The van der Waals surface area contributed by atoms with E-state index in [2.05, 4.69) is 224 Å². The van der Waals surface area contributed by atoms with Gasteiger partial charge in [-0.2, -0.15) is 0 Å². The lowest BCUT2D eigenvalue weighted by atomic mass is 10.0. The maximum atomic E-state index is 7.10. The fraction of sp³-hybridized carbons (Fsp3) is 0. The summed E-state index contributed by atoms with van der Waals surface area (Å²) in [6.07, 6.45) is 0. The Morgan fingerprint density at radius 2 is 0.656 bits per heavy atom. The van der Waals surface area contributed by atoms with Crippen LogP contribution in [0.15, 0.2) is 366 Å². The molecule has 0 atom stereocenters. The third-order valence-corrected chi connectivity index (χ3v) is 29.3. The summed E-state index contributed by atoms with van der Waals surface area (Å²) >= 11 is 18.0. The predicted molar refractivity (Wildman–Crippen MR) is 519 cm³/mol. The highest BCUT2D eigenvalue weighted by atomic mass is 79.9. The third-order valence-electron chi connectivity index (χ3n) is 23.5. The molecule has 0 radical (unpaired) electrons. The van der Waals surface area contributed by atoms with Gasteiger partial charge in [0, 0.05) is 66.0 Å². The van der Waals surface area contributed by atoms with Gasteiger partial charge >= 0.3 is 0 Å². The molecule has 0 unspecified atom stereocenters. The Morgan fingerprint density at radius 3 is 1.16 bits per heavy atom. The minimum Gasteiger partial charge on any atom is -0.453 e. The Morgan fingerprint density at radius 1 is 0.250 bits per heavy atom. The SMILES string of the molecule is Brc1cc2c3c(c1)Oc1cc(-c4nc5ccccc5o4)ccc1N3c1ccc(-c3nc4ccccc4o3)cc1O2.Brc1cc2c3c(c1)Sc1cc(-c4nc5ccccc5o4)ccc1N3c1ccc(-c3nc4ccccc4o3)cc1S2.Brc1ccc2c(c1)Oc1ccc(-c3nc4ccc5ccccc5c4s3)c3c1N2c1cccc(-c2nc4ccc5ccccc5c4s2)c1O3. The second-order valence-corrected chi connectivity index (χ2v) is 38.1. The van der Waals surface area contributed by atoms with E-state index in [0.717, 1.165) is 195 Å². The van der Waals surface area contributed by atoms with Gasteiger partial charge in [-0.3, -0.25) is 9.80 Å². The fourth-order valence-corrected chi connectivity index (χ4v) is 23.9. The second-order valence-electron chi connectivity index (χ2n) is 31.2. The predicted octanol–water partition coefficient (Wildman–Crippen LogP) is 33.2. The Balaban J connectivity index is 0.0000000999. The van der Waals surface area contributed by atoms with Crippen LogP contribution in [0.25, 0.3) is 153 Å². The molecular weight excluding hydrogens is 1870 g/mol. The van der Waals surface area contributed by atoms with E-state index in [-0.39, 0.29) is 0 Å². The molecule has 6 aromatic heterocycles. The molecular formula is C104H52Br3N9O8S4. The molecule has 12 heterocycles. The van der Waals surface area contributed by atoms with E-state index < -0.39 is 0 Å². The molecule has 606 valence electrons. The summed E-state index contributed by atoms with van der Waals surface area (Å²) in [7, 11) is 0. The minimum atomic E-state index is 0.540. The van der Waals surface area contributed by atoms with Crippen molar-refractivity contribution in [1.82, 2.24) is 29.9 Å². The molecule has 128 heavy (non-hydrogen) atoms. The highest BCUT2D eigenvalue weighted by Gasteiger charge is 2.41. The van der Waals surface area contributed by atoms with Gasteiger partial charge in [-0.25, -0.2) is 29.9 Å². The van der Waals surface area contributed by atoms with Gasteiger partial charge in [-0.15, -0.1) is 22.7 Å². The molecule has 23 aromatic rings. The molecule has 6 aliphatic heterocycles. The van der Waals surface area contributed by atoms with Crippen LogP contribution in [0.2, 0.25) is 0 Å². The zero-order valence-corrected chi connectivity index (χ0v) is 74.1. The average molecular weight is 1920 g/mol. The van der Waals surface area contributed by atoms with Crippen molar-refractivity contribution >= 4 is 232 Å². The molecule has 29 rings (SSSR count). The number of oxazole rings is 4. The van der Waals surface area contributed by atoms with Crippen molar-refractivity contribution in [1.29, 1.82) is 0 Å². The first-order chi connectivity index (χ1) is 63.0. The Kier molecular flexibility index (Phi) is 16.7. The number of fused-ring (bicyclic) bond motifs is 22. The van der Waals surface area contributed by atoms with E-state index in [1.165, 1.54) is 41.7 Å². The van der Waals surface area contributed by atoms with Gasteiger partial charge in [-0.05, 0) is 211 Å². The van der Waals surface area contributed by atoms with Gasteiger partial charge in [0.2, 0.25) is 23.6 Å². The highest BCUT2D eigenvalue weighted by Crippen LogP contribution is 2.67. The standard InChI is InChI=1S/C40H20BrN3O2S2.C32H16BrN3O4.C32H16BrN3O2S2/c41-23-14-18-30-33(20-23)45-32-19-15-27(40-43-29-17-13-22-7-2-4-9-25(22)38(29)48-40)36-34(32)44(30)31-11-5-10-26(35(31)46-36)39-42-28-16-12-21-6-1-3-8-24(21)37(28)47-39;33-19-15-28-30-29(16-19)38-27-14-18(32-35-21-6-2-4-8-25(21)40-32)10-12-23(27)36(30)22-11-9-17(13-26(22)37-28)31-34-20-5-1-3-7-24(20)39-31;33-19-15-28-30-29(16-19)40-27-14-18(32-35-21-6-2-4-8-25(21)38-32)10-12-23(27)36(30)22-11-9-17(13-26(22)39-28)31-34-20-5-1-3-7-24(20)37-31/h1-20H;2*1-16H. The molecule has 17 aromatic carbocycles. The van der Waals surface area contributed by atoms with Crippen molar-refractivity contribution in [2.24, 2.45) is 0 Å². The normalized spacial score (nSPS) is 13.1. The zero-order valence-electron chi connectivity index (χ0n) is 66.1. The van der Waals surface area contributed by atoms with Crippen LogP contribution in [0.4, 0.5) is 51.2 Å². The quantitative estimate of drug-likeness (QED) is 0.153. The highest BCUT2D eigenvalue weighted by molar-refractivity contribution is 9.11. The number of hydrogen-bond acceptors (Lipinski definition) is 21. The Labute approximate surface area is 767 Å². The molecule has 0 aliphatic carbocycles. The molecule has 0 saturated heterocycles. The maximum Gasteiger partial charge on any atom is 0.227 e. The molecule has 0 saturated carbocycles. The summed E-state index contributed by atoms with van der Waals surface area (Å²) in [5.74, 6) is 8.05. The van der Waals surface area contributed by atoms with Crippen LogP contribution in [0.3, 0.4) is 0 Å². The second kappa shape index (κ2) is 28.8. The number of thiazole rings is 2. The largest absolute Gasteiger partial charge is 0.453 e. The smallest absolute Gasteiger partial charge is 0.227 e. The summed E-state index contributed by atoms with van der Waals surface area (Å²) in [4.78, 5) is 40.6. The molecule has 24 heteroatoms. The van der Waals surface area contributed by atoms with E-state index in [9.17, 15) is 0 Å². The summed E-state index contributed by atoms with van der Waals surface area (Å²) < 4.78 is 55.9. The van der Waals surface area contributed by atoms with E-state index in [4.69, 9.17) is 56.6 Å². The third kappa shape index (κ3) is 12.0. The lowest BCUT2D eigenvalue weighted by Gasteiger charge is -2.39. The van der Waals surface area contributed by atoms with E-state index in [0.29, 0.717) is 46.6 Å². The summed E-state index contributed by atoms with van der Waals surface area (Å²) in [5.41, 5.74) is 22.6. The van der Waals surface area contributed by atoms with Crippen LogP contribution < -0.4 is 33.6 Å². The zero-order chi connectivity index (χ0) is 84.3. The molecule has 0 N–H and O–H groups in total. The van der Waals surface area contributed by atoms with Gasteiger partial charge in [0.1, 0.15) is 43.5 Å². The fourth-order valence-electron chi connectivity index (χ4n) is 17.7. The number of ether oxygens (including phenoxy) is 4. The van der Waals surface area contributed by atoms with Gasteiger partial charge in [0.15, 0.2) is 68.3 Å². The summed E-state index contributed by atoms with van der Waals surface area (Å²) in [5, 5.41) is 6.62. The molecule has 6 aliphatic rings. The first-order valence-electron chi connectivity index (χ1n) is 40.9. The number of anilines is 9. The van der Waals surface area contributed by atoms with E-state index in [1.807, 2.05) is 164 Å². The molecule has 0 bridgehead atoms. The van der Waals surface area contributed by atoms with E-state index in [1.54, 1.807) is 46.2 Å². The van der Waals surface area contributed by atoms with Crippen molar-refractivity contribution in [2.45, 2.75) is 19.6 Å². The van der Waals surface area contributed by atoms with Crippen LogP contribution >= 0.6 is 94.0 Å². The van der Waals surface area contributed by atoms with Crippen LogP contribution in [-0.2, 0) is 0 Å². The number of nitrogens with zero attached hydrogens (tertiary/aromatic N) is 9. The van der Waals surface area contributed by atoms with Crippen molar-refractivity contribution in [3.63, 3.8) is 0 Å². The molecule has 0 spiro atoms. The minimum absolute atomic E-state index is 0.540. The number of hydrogen-bond donors (Lipinski definition) is 0. The number of aromatic nitrogens is 6. The number of halogens is 3. The Bertz CT molecular complexity index is 8030. The van der Waals surface area contributed by atoms with Crippen molar-refractivity contribution in [3.8, 4) is 113 Å². The molecule has 0 fully saturated rings. The van der Waals surface area contributed by atoms with Crippen LogP contribution in [0.1, 0.15) is 0 Å².